The highest BCUT2D eigenvalue weighted by Gasteiger charge is 2.27. The van der Waals surface area contributed by atoms with E-state index in [0.717, 1.165) is 0 Å². The lowest BCUT2D eigenvalue weighted by atomic mass is 10.2. The molecule has 0 spiro atoms. The molecule has 0 radical (unpaired) electrons. The highest BCUT2D eigenvalue weighted by atomic mass is 35.5. The van der Waals surface area contributed by atoms with Crippen LogP contribution in [0.3, 0.4) is 0 Å². The van der Waals surface area contributed by atoms with Crippen LogP contribution in [0.1, 0.15) is 45.0 Å². The van der Waals surface area contributed by atoms with Crippen LogP contribution in [0.2, 0.25) is 10.0 Å². The van der Waals surface area contributed by atoms with Gasteiger partial charge in [0.1, 0.15) is 6.54 Å². The molecule has 0 aliphatic carbocycles. The SMILES string of the molecule is CC(C)N(C(=O)[C@@H](C)OC(=O)CNC(=O)c1ccc(Cl)c(Cl)c1)C(C)C. The van der Waals surface area contributed by atoms with E-state index in [4.69, 9.17) is 27.9 Å². The van der Waals surface area contributed by atoms with Gasteiger partial charge in [-0.05, 0) is 52.8 Å². The van der Waals surface area contributed by atoms with E-state index < -0.39 is 18.0 Å². The summed E-state index contributed by atoms with van der Waals surface area (Å²) in [5.74, 6) is -1.48. The summed E-state index contributed by atoms with van der Waals surface area (Å²) in [4.78, 5) is 38.0. The fourth-order valence-corrected chi connectivity index (χ4v) is 2.79. The first-order valence-corrected chi connectivity index (χ1v) is 9.05. The Bertz CT molecular complexity index is 669. The minimum Gasteiger partial charge on any atom is -0.451 e. The average molecular weight is 403 g/mol. The van der Waals surface area contributed by atoms with Crippen LogP contribution in [-0.2, 0) is 14.3 Å². The highest BCUT2D eigenvalue weighted by molar-refractivity contribution is 6.42. The van der Waals surface area contributed by atoms with E-state index in [2.05, 4.69) is 5.32 Å². The molecule has 1 aromatic rings. The van der Waals surface area contributed by atoms with Crippen molar-refractivity contribution >= 4 is 41.0 Å². The molecule has 0 bridgehead atoms. The molecule has 0 saturated carbocycles. The zero-order valence-electron chi connectivity index (χ0n) is 15.5. The first kappa shape index (κ1) is 22.3. The van der Waals surface area contributed by atoms with Gasteiger partial charge in [0.25, 0.3) is 11.8 Å². The topological polar surface area (TPSA) is 75.7 Å². The van der Waals surface area contributed by atoms with Gasteiger partial charge in [-0.25, -0.2) is 0 Å². The smallest absolute Gasteiger partial charge is 0.326 e. The molecule has 0 unspecified atom stereocenters. The maximum atomic E-state index is 12.4. The lowest BCUT2D eigenvalue weighted by molar-refractivity contribution is -0.160. The van der Waals surface area contributed by atoms with Gasteiger partial charge >= 0.3 is 5.97 Å². The first-order chi connectivity index (χ1) is 12.0. The molecule has 144 valence electrons. The van der Waals surface area contributed by atoms with Crippen molar-refractivity contribution in [3.8, 4) is 0 Å². The van der Waals surface area contributed by atoms with E-state index in [-0.39, 0.29) is 35.1 Å². The quantitative estimate of drug-likeness (QED) is 0.709. The van der Waals surface area contributed by atoms with Crippen LogP contribution in [0.25, 0.3) is 0 Å². The second-order valence-electron chi connectivity index (χ2n) is 6.38. The molecule has 1 N–H and O–H groups in total. The number of halogens is 2. The van der Waals surface area contributed by atoms with Gasteiger partial charge in [-0.1, -0.05) is 23.2 Å². The van der Waals surface area contributed by atoms with Crippen molar-refractivity contribution in [1.82, 2.24) is 10.2 Å². The Morgan fingerprint density at radius 1 is 1.04 bits per heavy atom. The number of esters is 1. The number of rotatable bonds is 7. The summed E-state index contributed by atoms with van der Waals surface area (Å²) in [6.45, 7) is 8.72. The summed E-state index contributed by atoms with van der Waals surface area (Å²) in [6.07, 6.45) is -0.936. The number of nitrogens with zero attached hydrogens (tertiary/aromatic N) is 1. The lowest BCUT2D eigenvalue weighted by Crippen LogP contribution is -2.48. The predicted octanol–water partition coefficient (Wildman–Crippen LogP) is 3.30. The Balaban J connectivity index is 2.59. The van der Waals surface area contributed by atoms with Crippen molar-refractivity contribution in [2.24, 2.45) is 0 Å². The predicted molar refractivity (Wildman–Crippen MR) is 101 cm³/mol. The number of hydrogen-bond acceptors (Lipinski definition) is 4. The average Bonchev–Trinajstić information content (AvgIpc) is 2.54. The molecule has 1 rings (SSSR count). The summed E-state index contributed by atoms with van der Waals surface area (Å²) in [5.41, 5.74) is 0.266. The lowest BCUT2D eigenvalue weighted by Gasteiger charge is -2.32. The maximum Gasteiger partial charge on any atom is 0.326 e. The van der Waals surface area contributed by atoms with Crippen molar-refractivity contribution in [2.75, 3.05) is 6.54 Å². The van der Waals surface area contributed by atoms with E-state index >= 15 is 0 Å². The first-order valence-electron chi connectivity index (χ1n) is 8.29. The van der Waals surface area contributed by atoms with Crippen LogP contribution in [0.5, 0.6) is 0 Å². The number of amides is 2. The van der Waals surface area contributed by atoms with Crippen LogP contribution >= 0.6 is 23.2 Å². The fourth-order valence-electron chi connectivity index (χ4n) is 2.50. The number of carbonyl (C=O) groups is 3. The van der Waals surface area contributed by atoms with E-state index in [1.165, 1.54) is 25.1 Å². The molecule has 0 aliphatic rings. The normalized spacial score (nSPS) is 12.0. The minimum absolute atomic E-state index is 0.0157. The van der Waals surface area contributed by atoms with Crippen LogP contribution in [0.15, 0.2) is 18.2 Å². The zero-order valence-corrected chi connectivity index (χ0v) is 17.0. The van der Waals surface area contributed by atoms with Crippen LogP contribution in [0.4, 0.5) is 0 Å². The number of hydrogen-bond donors (Lipinski definition) is 1. The molecular weight excluding hydrogens is 379 g/mol. The Kier molecular flexibility index (Phi) is 8.37. The van der Waals surface area contributed by atoms with Gasteiger partial charge in [0, 0.05) is 17.6 Å². The highest BCUT2D eigenvalue weighted by Crippen LogP contribution is 2.22. The Morgan fingerprint density at radius 2 is 1.62 bits per heavy atom. The van der Waals surface area contributed by atoms with Crippen LogP contribution in [0, 0.1) is 0 Å². The third kappa shape index (κ3) is 6.18. The van der Waals surface area contributed by atoms with E-state index in [1.54, 1.807) is 4.90 Å². The second-order valence-corrected chi connectivity index (χ2v) is 7.19. The van der Waals surface area contributed by atoms with Gasteiger partial charge < -0.3 is 15.0 Å². The van der Waals surface area contributed by atoms with E-state index in [1.807, 2.05) is 27.7 Å². The molecule has 0 aromatic heterocycles. The molecular formula is C18H24Cl2N2O4. The van der Waals surface area contributed by atoms with E-state index in [9.17, 15) is 14.4 Å². The molecule has 8 heteroatoms. The summed E-state index contributed by atoms with van der Waals surface area (Å²) in [6, 6.07) is 4.35. The third-order valence-corrected chi connectivity index (χ3v) is 4.34. The van der Waals surface area contributed by atoms with Crippen molar-refractivity contribution in [3.63, 3.8) is 0 Å². The molecule has 2 amide bonds. The van der Waals surface area contributed by atoms with Crippen LogP contribution < -0.4 is 5.32 Å². The van der Waals surface area contributed by atoms with Crippen molar-refractivity contribution in [2.45, 2.75) is 52.8 Å². The van der Waals surface area contributed by atoms with Gasteiger partial charge in [-0.3, -0.25) is 14.4 Å². The molecule has 26 heavy (non-hydrogen) atoms. The molecule has 0 aliphatic heterocycles. The third-order valence-electron chi connectivity index (χ3n) is 3.60. The zero-order chi connectivity index (χ0) is 20.0. The summed E-state index contributed by atoms with van der Waals surface area (Å²) < 4.78 is 5.13. The number of carbonyl (C=O) groups excluding carboxylic acids is 3. The standard InChI is InChI=1S/C18H24Cl2N2O4/c1-10(2)22(11(3)4)18(25)12(5)26-16(23)9-21-17(24)13-6-7-14(19)15(20)8-13/h6-8,10-12H,9H2,1-5H3,(H,21,24)/t12-/m1/s1. The van der Waals surface area contributed by atoms with Crippen molar-refractivity contribution in [3.05, 3.63) is 33.8 Å². The minimum atomic E-state index is -0.936. The summed E-state index contributed by atoms with van der Waals surface area (Å²) in [7, 11) is 0. The van der Waals surface area contributed by atoms with Gasteiger partial charge in [-0.15, -0.1) is 0 Å². The molecule has 0 saturated heterocycles. The molecule has 1 atom stereocenters. The molecule has 0 heterocycles. The maximum absolute atomic E-state index is 12.4. The van der Waals surface area contributed by atoms with Gasteiger partial charge in [0.2, 0.25) is 0 Å². The van der Waals surface area contributed by atoms with Gasteiger partial charge in [0.05, 0.1) is 10.0 Å². The fraction of sp³-hybridized carbons (Fsp3) is 0.500. The monoisotopic (exact) mass is 402 g/mol. The van der Waals surface area contributed by atoms with E-state index in [0.29, 0.717) is 5.02 Å². The van der Waals surface area contributed by atoms with Crippen molar-refractivity contribution in [1.29, 1.82) is 0 Å². The number of benzene rings is 1. The number of nitrogens with one attached hydrogen (secondary N) is 1. The van der Waals surface area contributed by atoms with Gasteiger partial charge in [0.15, 0.2) is 6.10 Å². The number of ether oxygens (including phenoxy) is 1. The molecule has 1 aromatic carbocycles. The second kappa shape index (κ2) is 9.78. The summed E-state index contributed by atoms with van der Waals surface area (Å²) in [5, 5.41) is 2.99. The van der Waals surface area contributed by atoms with Crippen LogP contribution in [-0.4, -0.2) is 47.4 Å². The Labute approximate surface area is 163 Å². The molecule has 0 fully saturated rings. The summed E-state index contributed by atoms with van der Waals surface area (Å²) >= 11 is 11.7. The van der Waals surface area contributed by atoms with Gasteiger partial charge in [-0.2, -0.15) is 0 Å². The van der Waals surface area contributed by atoms with Crippen molar-refractivity contribution < 1.29 is 19.1 Å². The Morgan fingerprint density at radius 3 is 2.12 bits per heavy atom. The largest absolute Gasteiger partial charge is 0.451 e. The Hall–Kier alpha value is -1.79. The molecule has 6 nitrogen and oxygen atoms in total.